The van der Waals surface area contributed by atoms with Gasteiger partial charge in [-0.15, -0.1) is 0 Å². The maximum Gasteiger partial charge on any atom is 0.0692 e. The number of hydrogen-bond acceptors (Lipinski definition) is 2. The summed E-state index contributed by atoms with van der Waals surface area (Å²) in [6.07, 6.45) is 6.41. The minimum Gasteiger partial charge on any atom is -0.392 e. The van der Waals surface area contributed by atoms with Gasteiger partial charge in [-0.3, -0.25) is 0 Å². The monoisotopic (exact) mass is 211 g/mol. The summed E-state index contributed by atoms with van der Waals surface area (Å²) < 4.78 is 0. The Labute approximate surface area is 93.5 Å². The average molecular weight is 211 g/mol. The lowest BCUT2D eigenvalue weighted by Gasteiger charge is -2.35. The van der Waals surface area contributed by atoms with E-state index in [1.54, 1.807) is 0 Å². The average Bonchev–Trinajstić information content (AvgIpc) is 3.03. The van der Waals surface area contributed by atoms with Gasteiger partial charge in [-0.1, -0.05) is 26.7 Å². The van der Waals surface area contributed by atoms with Gasteiger partial charge in [0.15, 0.2) is 0 Å². The molecule has 0 aromatic rings. The van der Waals surface area contributed by atoms with Crippen LogP contribution in [0, 0.1) is 17.8 Å². The van der Waals surface area contributed by atoms with E-state index in [1.807, 2.05) is 0 Å². The van der Waals surface area contributed by atoms with Crippen LogP contribution in [0.3, 0.4) is 0 Å². The molecule has 0 saturated heterocycles. The topological polar surface area (TPSA) is 32.3 Å². The summed E-state index contributed by atoms with van der Waals surface area (Å²) in [4.78, 5) is 0. The largest absolute Gasteiger partial charge is 0.392 e. The van der Waals surface area contributed by atoms with Crippen LogP contribution in [0.4, 0.5) is 0 Å². The van der Waals surface area contributed by atoms with Gasteiger partial charge in [0.05, 0.1) is 6.10 Å². The molecule has 2 fully saturated rings. The number of nitrogens with one attached hydrogen (secondary N) is 1. The molecule has 0 amide bonds. The van der Waals surface area contributed by atoms with Crippen molar-refractivity contribution in [2.75, 3.05) is 6.54 Å². The van der Waals surface area contributed by atoms with Crippen LogP contribution in [0.2, 0.25) is 0 Å². The molecule has 0 heterocycles. The van der Waals surface area contributed by atoms with Gasteiger partial charge >= 0.3 is 0 Å². The van der Waals surface area contributed by atoms with Crippen LogP contribution in [-0.2, 0) is 0 Å². The van der Waals surface area contributed by atoms with Crippen molar-refractivity contribution in [2.45, 2.75) is 58.1 Å². The summed E-state index contributed by atoms with van der Waals surface area (Å²) in [5, 5.41) is 13.4. The van der Waals surface area contributed by atoms with E-state index in [-0.39, 0.29) is 6.10 Å². The van der Waals surface area contributed by atoms with E-state index in [1.165, 1.54) is 32.1 Å². The molecule has 2 rings (SSSR count). The van der Waals surface area contributed by atoms with Gasteiger partial charge in [0.2, 0.25) is 0 Å². The third-order valence-electron chi connectivity index (χ3n) is 4.46. The lowest BCUT2D eigenvalue weighted by Crippen LogP contribution is -2.44. The number of hydrogen-bond donors (Lipinski definition) is 2. The van der Waals surface area contributed by atoms with Crippen molar-refractivity contribution in [3.8, 4) is 0 Å². The lowest BCUT2D eigenvalue weighted by atomic mass is 9.78. The minimum absolute atomic E-state index is 0.0885. The Balaban J connectivity index is 1.72. The zero-order chi connectivity index (χ0) is 10.8. The van der Waals surface area contributed by atoms with Crippen LogP contribution in [0.25, 0.3) is 0 Å². The fourth-order valence-corrected chi connectivity index (χ4v) is 2.79. The van der Waals surface area contributed by atoms with Crippen LogP contribution < -0.4 is 5.32 Å². The van der Waals surface area contributed by atoms with Crippen molar-refractivity contribution >= 4 is 0 Å². The van der Waals surface area contributed by atoms with Crippen molar-refractivity contribution in [1.29, 1.82) is 0 Å². The third kappa shape index (κ3) is 2.94. The van der Waals surface area contributed by atoms with E-state index >= 15 is 0 Å². The molecule has 2 heteroatoms. The van der Waals surface area contributed by atoms with Crippen molar-refractivity contribution < 1.29 is 5.11 Å². The van der Waals surface area contributed by atoms with E-state index < -0.39 is 0 Å². The Morgan fingerprint density at radius 2 is 1.93 bits per heavy atom. The second-order valence-corrected chi connectivity index (χ2v) is 5.69. The Kier molecular flexibility index (Phi) is 3.68. The van der Waals surface area contributed by atoms with Crippen LogP contribution in [0.5, 0.6) is 0 Å². The molecule has 0 aromatic carbocycles. The first-order chi connectivity index (χ1) is 7.18. The predicted molar refractivity (Wildman–Crippen MR) is 62.7 cm³/mol. The van der Waals surface area contributed by atoms with E-state index in [0.29, 0.717) is 12.0 Å². The van der Waals surface area contributed by atoms with Gasteiger partial charge < -0.3 is 10.4 Å². The molecule has 2 aliphatic carbocycles. The molecule has 4 unspecified atom stereocenters. The molecule has 15 heavy (non-hydrogen) atoms. The van der Waals surface area contributed by atoms with Crippen molar-refractivity contribution in [3.05, 3.63) is 0 Å². The number of rotatable bonds is 4. The molecule has 0 aliphatic heterocycles. The number of aliphatic hydroxyl groups is 1. The van der Waals surface area contributed by atoms with Crippen LogP contribution in [0.15, 0.2) is 0 Å². The molecule has 4 atom stereocenters. The number of aliphatic hydroxyl groups excluding tert-OH is 1. The normalized spacial score (nSPS) is 39.0. The van der Waals surface area contributed by atoms with Crippen molar-refractivity contribution in [2.24, 2.45) is 17.8 Å². The van der Waals surface area contributed by atoms with Gasteiger partial charge in [0, 0.05) is 12.6 Å². The summed E-state index contributed by atoms with van der Waals surface area (Å²) in [7, 11) is 0. The first kappa shape index (κ1) is 11.4. The van der Waals surface area contributed by atoms with Gasteiger partial charge in [0.25, 0.3) is 0 Å². The zero-order valence-corrected chi connectivity index (χ0v) is 10.1. The van der Waals surface area contributed by atoms with Crippen LogP contribution in [-0.4, -0.2) is 23.8 Å². The van der Waals surface area contributed by atoms with E-state index in [0.717, 1.165) is 18.4 Å². The first-order valence-electron chi connectivity index (χ1n) is 6.60. The highest BCUT2D eigenvalue weighted by Gasteiger charge is 2.31. The summed E-state index contributed by atoms with van der Waals surface area (Å²) in [6.45, 7) is 5.52. The first-order valence-corrected chi connectivity index (χ1v) is 6.60. The van der Waals surface area contributed by atoms with Crippen molar-refractivity contribution in [1.82, 2.24) is 5.32 Å². The third-order valence-corrected chi connectivity index (χ3v) is 4.46. The predicted octanol–water partition coefficient (Wildman–Crippen LogP) is 2.17. The highest BCUT2D eigenvalue weighted by atomic mass is 16.3. The molecule has 2 N–H and O–H groups in total. The smallest absolute Gasteiger partial charge is 0.0692 e. The fraction of sp³-hybridized carbons (Fsp3) is 1.00. The Morgan fingerprint density at radius 1 is 1.20 bits per heavy atom. The summed E-state index contributed by atoms with van der Waals surface area (Å²) >= 11 is 0. The highest BCUT2D eigenvalue weighted by molar-refractivity contribution is 4.86. The summed E-state index contributed by atoms with van der Waals surface area (Å²) in [5.41, 5.74) is 0. The minimum atomic E-state index is -0.0885. The lowest BCUT2D eigenvalue weighted by molar-refractivity contribution is 0.127. The summed E-state index contributed by atoms with van der Waals surface area (Å²) in [6, 6.07) is 0.641. The molecular formula is C13H25NO. The maximum absolute atomic E-state index is 9.81. The van der Waals surface area contributed by atoms with Gasteiger partial charge in [0.1, 0.15) is 0 Å². The van der Waals surface area contributed by atoms with E-state index in [4.69, 9.17) is 0 Å². The zero-order valence-electron chi connectivity index (χ0n) is 10.1. The van der Waals surface area contributed by atoms with Gasteiger partial charge in [-0.25, -0.2) is 0 Å². The van der Waals surface area contributed by atoms with Gasteiger partial charge in [-0.2, -0.15) is 0 Å². The molecule has 2 aliphatic rings. The van der Waals surface area contributed by atoms with E-state index in [9.17, 15) is 5.11 Å². The van der Waals surface area contributed by atoms with Crippen LogP contribution >= 0.6 is 0 Å². The van der Waals surface area contributed by atoms with Gasteiger partial charge in [-0.05, 0) is 37.0 Å². The molecule has 2 nitrogen and oxygen atoms in total. The fourth-order valence-electron chi connectivity index (χ4n) is 2.79. The quantitative estimate of drug-likeness (QED) is 0.747. The second-order valence-electron chi connectivity index (χ2n) is 5.69. The second kappa shape index (κ2) is 4.84. The molecular weight excluding hydrogens is 186 g/mol. The molecule has 0 aromatic heterocycles. The molecule has 0 radical (unpaired) electrons. The SMILES string of the molecule is CC1CCCC(NCC(O)C2CC2)C1C. The highest BCUT2D eigenvalue weighted by Crippen LogP contribution is 2.33. The Bertz CT molecular complexity index is 203. The Morgan fingerprint density at radius 3 is 2.60 bits per heavy atom. The standard InChI is InChI=1S/C13H25NO/c1-9-4-3-5-12(10(9)2)14-8-13(15)11-6-7-11/h9-15H,3-8H2,1-2H3. The molecule has 2 saturated carbocycles. The summed E-state index contributed by atoms with van der Waals surface area (Å²) in [5.74, 6) is 2.22. The van der Waals surface area contributed by atoms with Crippen molar-refractivity contribution in [3.63, 3.8) is 0 Å². The van der Waals surface area contributed by atoms with E-state index in [2.05, 4.69) is 19.2 Å². The Hall–Kier alpha value is -0.0800. The maximum atomic E-state index is 9.81. The van der Waals surface area contributed by atoms with Crippen LogP contribution in [0.1, 0.15) is 46.0 Å². The molecule has 88 valence electrons. The molecule has 0 spiro atoms. The molecule has 0 bridgehead atoms.